The van der Waals surface area contributed by atoms with Crippen LogP contribution in [0.3, 0.4) is 0 Å². The topological polar surface area (TPSA) is 18.5 Å². The van der Waals surface area contributed by atoms with E-state index in [2.05, 4.69) is 12.1 Å². The number of hydrogen-bond acceptors (Lipinski definition) is 3. The Morgan fingerprint density at radius 1 is 1.31 bits per heavy atom. The van der Waals surface area contributed by atoms with Crippen LogP contribution >= 0.6 is 11.8 Å². The second-order valence-corrected chi connectivity index (χ2v) is 5.45. The Balaban J connectivity index is 1.81. The van der Waals surface area contributed by atoms with E-state index in [1.54, 1.807) is 0 Å². The molecule has 1 aromatic rings. The number of ether oxygens (including phenoxy) is 2. The highest BCUT2D eigenvalue weighted by Crippen LogP contribution is 2.26. The average Bonchev–Trinajstić information content (AvgIpc) is 2.17. The third kappa shape index (κ3) is 3.42. The summed E-state index contributed by atoms with van der Waals surface area (Å²) in [5, 5.41) is 0. The number of benzene rings is 1. The molecular formula is C13H18O2S. The van der Waals surface area contributed by atoms with E-state index >= 15 is 0 Å². The second-order valence-electron chi connectivity index (χ2n) is 4.35. The van der Waals surface area contributed by atoms with Crippen LogP contribution in [0.4, 0.5) is 0 Å². The van der Waals surface area contributed by atoms with Gasteiger partial charge in [-0.25, -0.2) is 0 Å². The van der Waals surface area contributed by atoms with Crippen molar-refractivity contribution in [3.05, 3.63) is 24.3 Å². The smallest absolute Gasteiger partial charge is 0.119 e. The zero-order valence-corrected chi connectivity index (χ0v) is 10.6. The van der Waals surface area contributed by atoms with Gasteiger partial charge in [0.1, 0.15) is 5.75 Å². The van der Waals surface area contributed by atoms with Crippen LogP contribution < -0.4 is 4.74 Å². The molecule has 0 unspecified atom stereocenters. The first kappa shape index (κ1) is 11.8. The molecule has 3 heteroatoms. The van der Waals surface area contributed by atoms with Crippen molar-refractivity contribution in [1.29, 1.82) is 0 Å². The lowest BCUT2D eigenvalue weighted by molar-refractivity contribution is -0.0196. The summed E-state index contributed by atoms with van der Waals surface area (Å²) in [6.45, 7) is 5.95. The Bertz CT molecular complexity index is 317. The lowest BCUT2D eigenvalue weighted by Crippen LogP contribution is -2.29. The van der Waals surface area contributed by atoms with E-state index in [0.29, 0.717) is 0 Å². The summed E-state index contributed by atoms with van der Waals surface area (Å²) in [6, 6.07) is 8.34. The first-order chi connectivity index (χ1) is 7.74. The van der Waals surface area contributed by atoms with Crippen LogP contribution in [0.15, 0.2) is 29.2 Å². The molecule has 1 aromatic carbocycles. The molecule has 0 bridgehead atoms. The molecule has 0 N–H and O–H groups in total. The lowest BCUT2D eigenvalue weighted by Gasteiger charge is -2.25. The molecule has 1 heterocycles. The van der Waals surface area contributed by atoms with Crippen LogP contribution in [0.5, 0.6) is 5.75 Å². The van der Waals surface area contributed by atoms with Gasteiger partial charge in [0.2, 0.25) is 0 Å². The number of hydrogen-bond donors (Lipinski definition) is 0. The van der Waals surface area contributed by atoms with Gasteiger partial charge in [0.25, 0.3) is 0 Å². The van der Waals surface area contributed by atoms with E-state index in [0.717, 1.165) is 30.6 Å². The van der Waals surface area contributed by atoms with Crippen LogP contribution in [0.25, 0.3) is 0 Å². The molecule has 0 aromatic heterocycles. The van der Waals surface area contributed by atoms with E-state index in [1.165, 1.54) is 4.90 Å². The standard InChI is InChI=1S/C13H18O2S/c1-10(2)15-12-3-5-13(6-4-12)16-9-11-7-14-8-11/h3-6,10-11H,7-9H2,1-2H3. The normalized spacial score (nSPS) is 16.2. The second kappa shape index (κ2) is 5.60. The summed E-state index contributed by atoms with van der Waals surface area (Å²) < 4.78 is 10.8. The maximum Gasteiger partial charge on any atom is 0.119 e. The van der Waals surface area contributed by atoms with Crippen molar-refractivity contribution in [3.63, 3.8) is 0 Å². The Hall–Kier alpha value is -0.670. The predicted octanol–water partition coefficient (Wildman–Crippen LogP) is 3.21. The fraction of sp³-hybridized carbons (Fsp3) is 0.538. The molecule has 0 amide bonds. The van der Waals surface area contributed by atoms with Gasteiger partial charge < -0.3 is 9.47 Å². The summed E-state index contributed by atoms with van der Waals surface area (Å²) in [4.78, 5) is 1.31. The monoisotopic (exact) mass is 238 g/mol. The van der Waals surface area contributed by atoms with Gasteiger partial charge in [-0.2, -0.15) is 0 Å². The summed E-state index contributed by atoms with van der Waals surface area (Å²) in [6.07, 6.45) is 0.241. The van der Waals surface area contributed by atoms with E-state index in [-0.39, 0.29) is 6.10 Å². The van der Waals surface area contributed by atoms with Crippen LogP contribution in [0.2, 0.25) is 0 Å². The zero-order valence-electron chi connectivity index (χ0n) is 9.81. The van der Waals surface area contributed by atoms with Gasteiger partial charge in [-0.3, -0.25) is 0 Å². The fourth-order valence-corrected chi connectivity index (χ4v) is 2.43. The Kier molecular flexibility index (Phi) is 4.13. The third-order valence-electron chi connectivity index (χ3n) is 2.39. The minimum absolute atomic E-state index is 0.241. The predicted molar refractivity (Wildman–Crippen MR) is 67.2 cm³/mol. The van der Waals surface area contributed by atoms with Gasteiger partial charge in [0, 0.05) is 16.6 Å². The largest absolute Gasteiger partial charge is 0.491 e. The van der Waals surface area contributed by atoms with E-state index < -0.39 is 0 Å². The van der Waals surface area contributed by atoms with Crippen LogP contribution in [-0.2, 0) is 4.74 Å². The van der Waals surface area contributed by atoms with Crippen LogP contribution in [0.1, 0.15) is 13.8 Å². The quantitative estimate of drug-likeness (QED) is 0.734. The maximum absolute atomic E-state index is 5.60. The first-order valence-electron chi connectivity index (χ1n) is 5.71. The minimum atomic E-state index is 0.241. The van der Waals surface area contributed by atoms with E-state index in [1.807, 2.05) is 37.7 Å². The van der Waals surface area contributed by atoms with Crippen molar-refractivity contribution in [2.45, 2.75) is 24.8 Å². The first-order valence-corrected chi connectivity index (χ1v) is 6.70. The summed E-state index contributed by atoms with van der Waals surface area (Å²) in [7, 11) is 0. The van der Waals surface area contributed by atoms with Gasteiger partial charge in [-0.05, 0) is 38.1 Å². The molecule has 16 heavy (non-hydrogen) atoms. The zero-order chi connectivity index (χ0) is 11.4. The molecule has 88 valence electrons. The van der Waals surface area contributed by atoms with E-state index in [4.69, 9.17) is 9.47 Å². The average molecular weight is 238 g/mol. The molecule has 1 aliphatic rings. The Labute approximate surface area is 101 Å². The molecule has 0 spiro atoms. The van der Waals surface area contributed by atoms with Crippen LogP contribution in [0, 0.1) is 5.92 Å². The summed E-state index contributed by atoms with van der Waals surface area (Å²) in [5.74, 6) is 2.85. The van der Waals surface area contributed by atoms with Crippen molar-refractivity contribution < 1.29 is 9.47 Å². The molecule has 2 nitrogen and oxygen atoms in total. The molecule has 1 saturated heterocycles. The fourth-order valence-electron chi connectivity index (χ4n) is 1.48. The minimum Gasteiger partial charge on any atom is -0.491 e. The van der Waals surface area contributed by atoms with Gasteiger partial charge >= 0.3 is 0 Å². The van der Waals surface area contributed by atoms with Crippen molar-refractivity contribution in [1.82, 2.24) is 0 Å². The molecule has 1 fully saturated rings. The SMILES string of the molecule is CC(C)Oc1ccc(SCC2COC2)cc1. The van der Waals surface area contributed by atoms with Crippen molar-refractivity contribution in [2.24, 2.45) is 5.92 Å². The molecule has 2 rings (SSSR count). The highest BCUT2D eigenvalue weighted by molar-refractivity contribution is 7.99. The van der Waals surface area contributed by atoms with Gasteiger partial charge in [-0.1, -0.05) is 0 Å². The molecule has 0 atom stereocenters. The molecule has 0 aliphatic carbocycles. The highest BCUT2D eigenvalue weighted by Gasteiger charge is 2.18. The van der Waals surface area contributed by atoms with Gasteiger partial charge in [0.05, 0.1) is 19.3 Å². The van der Waals surface area contributed by atoms with E-state index in [9.17, 15) is 0 Å². The number of thioether (sulfide) groups is 1. The van der Waals surface area contributed by atoms with Gasteiger partial charge in [0.15, 0.2) is 0 Å². The molecular weight excluding hydrogens is 220 g/mol. The Morgan fingerprint density at radius 2 is 2.00 bits per heavy atom. The van der Waals surface area contributed by atoms with Gasteiger partial charge in [-0.15, -0.1) is 11.8 Å². The van der Waals surface area contributed by atoms with Crippen LogP contribution in [-0.4, -0.2) is 25.1 Å². The molecule has 0 saturated carbocycles. The third-order valence-corrected chi connectivity index (χ3v) is 3.63. The molecule has 1 aliphatic heterocycles. The number of rotatable bonds is 5. The summed E-state index contributed by atoms with van der Waals surface area (Å²) >= 11 is 1.90. The van der Waals surface area contributed by atoms with Crippen molar-refractivity contribution >= 4 is 11.8 Å². The van der Waals surface area contributed by atoms with Crippen molar-refractivity contribution in [3.8, 4) is 5.75 Å². The highest BCUT2D eigenvalue weighted by atomic mass is 32.2. The maximum atomic E-state index is 5.60. The summed E-state index contributed by atoms with van der Waals surface area (Å²) in [5.41, 5.74) is 0. The molecule has 0 radical (unpaired) electrons. The lowest BCUT2D eigenvalue weighted by atomic mass is 10.1. The Morgan fingerprint density at radius 3 is 2.50 bits per heavy atom. The van der Waals surface area contributed by atoms with Crippen molar-refractivity contribution in [2.75, 3.05) is 19.0 Å².